The molecular weight excluding hydrogens is 445 g/mol. The molecule has 6 nitrogen and oxygen atoms in total. The molecule has 0 unspecified atom stereocenters. The maximum Gasteiger partial charge on any atom is 0.252 e. The number of rotatable bonds is 7. The number of halogens is 2. The van der Waals surface area contributed by atoms with Crippen molar-refractivity contribution in [2.24, 2.45) is 0 Å². The zero-order valence-corrected chi connectivity index (χ0v) is 18.1. The van der Waals surface area contributed by atoms with E-state index in [0.717, 1.165) is 0 Å². The molecule has 166 valence electrons. The highest BCUT2D eigenvalue weighted by Crippen LogP contribution is 2.29. The Labute approximate surface area is 194 Å². The van der Waals surface area contributed by atoms with Gasteiger partial charge in [-0.2, -0.15) is 0 Å². The van der Waals surface area contributed by atoms with Gasteiger partial charge in [0.05, 0.1) is 27.9 Å². The maximum absolute atomic E-state index is 14.1. The van der Waals surface area contributed by atoms with Crippen LogP contribution in [0.5, 0.6) is 0 Å². The van der Waals surface area contributed by atoms with E-state index in [0.29, 0.717) is 21.7 Å². The van der Waals surface area contributed by atoms with Crippen molar-refractivity contribution in [1.29, 1.82) is 0 Å². The average molecular weight is 464 g/mol. The first-order valence-electron chi connectivity index (χ1n) is 10.2. The summed E-state index contributed by atoms with van der Waals surface area (Å²) in [6, 6.07) is 19.8. The molecule has 8 heteroatoms. The van der Waals surface area contributed by atoms with Gasteiger partial charge in [0.15, 0.2) is 5.76 Å². The van der Waals surface area contributed by atoms with Gasteiger partial charge in [-0.25, -0.2) is 9.37 Å². The summed E-state index contributed by atoms with van der Waals surface area (Å²) in [5.74, 6) is -0.643. The number of hydrogen-bond acceptors (Lipinski definition) is 4. The zero-order chi connectivity index (χ0) is 23.2. The maximum atomic E-state index is 14.1. The van der Waals surface area contributed by atoms with Crippen LogP contribution in [0, 0.1) is 5.82 Å². The SMILES string of the molecule is O=C(NCCNC(=O)c1ccccc1-c1ncc(-c2ccccc2F)o1)c1ccccc1Cl. The number of amides is 2. The van der Waals surface area contributed by atoms with Gasteiger partial charge in [-0.3, -0.25) is 9.59 Å². The zero-order valence-electron chi connectivity index (χ0n) is 17.3. The Morgan fingerprint density at radius 3 is 2.09 bits per heavy atom. The second-order valence-corrected chi connectivity index (χ2v) is 7.45. The highest BCUT2D eigenvalue weighted by atomic mass is 35.5. The highest BCUT2D eigenvalue weighted by molar-refractivity contribution is 6.33. The molecule has 0 spiro atoms. The van der Waals surface area contributed by atoms with Crippen LogP contribution in [0.4, 0.5) is 4.39 Å². The van der Waals surface area contributed by atoms with E-state index in [-0.39, 0.29) is 42.1 Å². The Kier molecular flexibility index (Phi) is 6.80. The van der Waals surface area contributed by atoms with Gasteiger partial charge in [0.25, 0.3) is 11.8 Å². The minimum atomic E-state index is -0.426. The Hall–Kier alpha value is -3.97. The predicted molar refractivity (Wildman–Crippen MR) is 123 cm³/mol. The number of hydrogen-bond donors (Lipinski definition) is 2. The van der Waals surface area contributed by atoms with Gasteiger partial charge in [0, 0.05) is 18.7 Å². The third-order valence-corrected chi connectivity index (χ3v) is 5.19. The van der Waals surface area contributed by atoms with E-state index in [1.807, 2.05) is 0 Å². The molecule has 2 amide bonds. The third-order valence-electron chi connectivity index (χ3n) is 4.86. The largest absolute Gasteiger partial charge is 0.436 e. The van der Waals surface area contributed by atoms with E-state index in [1.54, 1.807) is 66.7 Å². The molecule has 0 atom stereocenters. The van der Waals surface area contributed by atoms with Crippen molar-refractivity contribution < 1.29 is 18.4 Å². The van der Waals surface area contributed by atoms with Crippen molar-refractivity contribution in [3.05, 3.63) is 101 Å². The molecule has 1 aromatic heterocycles. The first-order valence-corrected chi connectivity index (χ1v) is 10.5. The number of carbonyl (C=O) groups excluding carboxylic acids is 2. The van der Waals surface area contributed by atoms with Crippen LogP contribution in [-0.4, -0.2) is 29.9 Å². The van der Waals surface area contributed by atoms with Gasteiger partial charge in [0.2, 0.25) is 5.89 Å². The fourth-order valence-corrected chi connectivity index (χ4v) is 3.46. The number of nitrogens with one attached hydrogen (secondary N) is 2. The van der Waals surface area contributed by atoms with Crippen molar-refractivity contribution in [3.63, 3.8) is 0 Å². The highest BCUT2D eigenvalue weighted by Gasteiger charge is 2.18. The van der Waals surface area contributed by atoms with Crippen LogP contribution in [0.25, 0.3) is 22.8 Å². The molecule has 2 N–H and O–H groups in total. The molecule has 4 aromatic rings. The summed E-state index contributed by atoms with van der Waals surface area (Å²) in [6.45, 7) is 0.420. The normalized spacial score (nSPS) is 10.6. The third kappa shape index (κ3) is 5.10. The summed E-state index contributed by atoms with van der Waals surface area (Å²) >= 11 is 6.02. The van der Waals surface area contributed by atoms with Crippen LogP contribution in [0.2, 0.25) is 5.02 Å². The molecule has 4 rings (SSSR count). The molecule has 0 aliphatic rings. The first-order chi connectivity index (χ1) is 16.0. The molecule has 0 aliphatic carbocycles. The van der Waals surface area contributed by atoms with E-state index in [1.165, 1.54) is 12.3 Å². The summed E-state index contributed by atoms with van der Waals surface area (Å²) in [4.78, 5) is 29.2. The molecule has 0 radical (unpaired) electrons. The monoisotopic (exact) mass is 463 g/mol. The number of carbonyl (C=O) groups is 2. The van der Waals surface area contributed by atoms with Crippen LogP contribution in [-0.2, 0) is 0 Å². The lowest BCUT2D eigenvalue weighted by Crippen LogP contribution is -2.35. The Morgan fingerprint density at radius 1 is 0.818 bits per heavy atom. The van der Waals surface area contributed by atoms with Gasteiger partial charge < -0.3 is 15.1 Å². The number of nitrogens with zero attached hydrogens (tertiary/aromatic N) is 1. The quantitative estimate of drug-likeness (QED) is 0.379. The molecule has 1 heterocycles. The van der Waals surface area contributed by atoms with Gasteiger partial charge in [0.1, 0.15) is 5.82 Å². The molecule has 0 aliphatic heterocycles. The molecular formula is C25H19ClFN3O3. The number of benzene rings is 3. The topological polar surface area (TPSA) is 84.2 Å². The Balaban J connectivity index is 1.41. The number of oxazole rings is 1. The lowest BCUT2D eigenvalue weighted by Gasteiger charge is -2.10. The molecule has 3 aromatic carbocycles. The molecule has 0 saturated carbocycles. The number of aromatic nitrogens is 1. The minimum absolute atomic E-state index is 0.200. The van der Waals surface area contributed by atoms with E-state index >= 15 is 0 Å². The molecule has 33 heavy (non-hydrogen) atoms. The predicted octanol–water partition coefficient (Wildman–Crippen LogP) is 4.96. The summed E-state index contributed by atoms with van der Waals surface area (Å²) in [6.07, 6.45) is 1.42. The summed E-state index contributed by atoms with van der Waals surface area (Å²) in [5.41, 5.74) is 1.47. The van der Waals surface area contributed by atoms with E-state index in [4.69, 9.17) is 16.0 Å². The van der Waals surface area contributed by atoms with E-state index in [9.17, 15) is 14.0 Å². The fourth-order valence-electron chi connectivity index (χ4n) is 3.24. The minimum Gasteiger partial charge on any atom is -0.436 e. The average Bonchev–Trinajstić information content (AvgIpc) is 3.32. The van der Waals surface area contributed by atoms with Gasteiger partial charge in [-0.15, -0.1) is 0 Å². The van der Waals surface area contributed by atoms with Crippen molar-refractivity contribution in [3.8, 4) is 22.8 Å². The molecule has 0 saturated heterocycles. The van der Waals surface area contributed by atoms with Crippen LogP contribution < -0.4 is 10.6 Å². The molecule has 0 bridgehead atoms. The van der Waals surface area contributed by atoms with Gasteiger partial charge >= 0.3 is 0 Å². The Morgan fingerprint density at radius 2 is 1.39 bits per heavy atom. The summed E-state index contributed by atoms with van der Waals surface area (Å²) in [7, 11) is 0. The van der Waals surface area contributed by atoms with E-state index in [2.05, 4.69) is 15.6 Å². The summed E-state index contributed by atoms with van der Waals surface area (Å²) in [5, 5.41) is 5.83. The van der Waals surface area contributed by atoms with Crippen LogP contribution >= 0.6 is 11.6 Å². The Bertz CT molecular complexity index is 1310. The van der Waals surface area contributed by atoms with Crippen molar-refractivity contribution in [2.75, 3.05) is 13.1 Å². The fraction of sp³-hybridized carbons (Fsp3) is 0.0800. The second-order valence-electron chi connectivity index (χ2n) is 7.05. The van der Waals surface area contributed by atoms with Crippen molar-refractivity contribution in [2.45, 2.75) is 0 Å². The van der Waals surface area contributed by atoms with Crippen molar-refractivity contribution >= 4 is 23.4 Å². The van der Waals surface area contributed by atoms with Crippen LogP contribution in [0.3, 0.4) is 0 Å². The van der Waals surface area contributed by atoms with Crippen LogP contribution in [0.15, 0.2) is 83.4 Å². The second kappa shape index (κ2) is 10.1. The van der Waals surface area contributed by atoms with Crippen molar-refractivity contribution in [1.82, 2.24) is 15.6 Å². The summed E-state index contributed by atoms with van der Waals surface area (Å²) < 4.78 is 19.8. The standard InChI is InChI=1S/C25H19ClFN3O3/c26-20-11-5-3-9-18(20)24(32)29-14-13-28-23(31)16-7-1-2-8-17(16)25-30-15-22(33-25)19-10-4-6-12-21(19)27/h1-12,15H,13-14H2,(H,28,31)(H,29,32). The van der Waals surface area contributed by atoms with E-state index < -0.39 is 5.82 Å². The first kappa shape index (κ1) is 22.2. The lowest BCUT2D eigenvalue weighted by atomic mass is 10.1. The van der Waals surface area contributed by atoms with Gasteiger partial charge in [-0.1, -0.05) is 48.0 Å². The molecule has 0 fully saturated rings. The van der Waals surface area contributed by atoms with Gasteiger partial charge in [-0.05, 0) is 36.4 Å². The van der Waals surface area contributed by atoms with Crippen LogP contribution in [0.1, 0.15) is 20.7 Å². The smallest absolute Gasteiger partial charge is 0.252 e. The lowest BCUT2D eigenvalue weighted by molar-refractivity contribution is 0.0928.